The standard InChI is InChI=1S/C20H15Cl2N3O3/c1-10-14(22)7-4-8-15(10)25-18-16(17(23-25)11(2)26)19(27)24(20(18)28)13-6-3-5-12(21)9-13/h3-9,16,18H,1-2H3/t16-,18-/m1/s1. The monoisotopic (exact) mass is 415 g/mol. The minimum Gasteiger partial charge on any atom is -0.293 e. The number of amides is 2. The molecule has 1 fully saturated rings. The van der Waals surface area contributed by atoms with Crippen LogP contribution in [0.2, 0.25) is 10.0 Å². The van der Waals surface area contributed by atoms with Crippen molar-refractivity contribution in [3.8, 4) is 0 Å². The number of benzene rings is 2. The summed E-state index contributed by atoms with van der Waals surface area (Å²) < 4.78 is 0. The maximum absolute atomic E-state index is 13.3. The first-order valence-electron chi connectivity index (χ1n) is 8.58. The zero-order valence-corrected chi connectivity index (χ0v) is 16.5. The number of rotatable bonds is 3. The lowest BCUT2D eigenvalue weighted by atomic mass is 9.95. The summed E-state index contributed by atoms with van der Waals surface area (Å²) in [5.41, 5.74) is 1.71. The van der Waals surface area contributed by atoms with E-state index in [1.54, 1.807) is 43.3 Å². The first-order valence-corrected chi connectivity index (χ1v) is 9.34. The number of hydrogen-bond acceptors (Lipinski definition) is 5. The van der Waals surface area contributed by atoms with Crippen molar-refractivity contribution in [2.75, 3.05) is 9.91 Å². The Morgan fingerprint density at radius 2 is 1.79 bits per heavy atom. The molecule has 2 aliphatic rings. The van der Waals surface area contributed by atoms with Gasteiger partial charge in [0, 0.05) is 17.0 Å². The Balaban J connectivity index is 1.85. The van der Waals surface area contributed by atoms with Crippen molar-refractivity contribution in [3.63, 3.8) is 0 Å². The average molecular weight is 416 g/mol. The van der Waals surface area contributed by atoms with Gasteiger partial charge >= 0.3 is 0 Å². The number of carbonyl (C=O) groups excluding carboxylic acids is 3. The molecule has 6 nitrogen and oxygen atoms in total. The lowest BCUT2D eigenvalue weighted by Crippen LogP contribution is -2.39. The first-order chi connectivity index (χ1) is 13.3. The van der Waals surface area contributed by atoms with Gasteiger partial charge in [0.05, 0.1) is 11.4 Å². The minimum absolute atomic E-state index is 0.0623. The van der Waals surface area contributed by atoms with Crippen LogP contribution < -0.4 is 9.91 Å². The van der Waals surface area contributed by atoms with E-state index < -0.39 is 23.8 Å². The third kappa shape index (κ3) is 2.72. The number of Topliss-reactive ketones (excluding diaryl/α,β-unsaturated/α-hetero) is 1. The number of fused-ring (bicyclic) bond motifs is 1. The number of anilines is 2. The maximum atomic E-state index is 13.3. The Kier molecular flexibility index (Phi) is 4.48. The number of imide groups is 1. The quantitative estimate of drug-likeness (QED) is 0.717. The topological polar surface area (TPSA) is 70.1 Å². The summed E-state index contributed by atoms with van der Waals surface area (Å²) in [4.78, 5) is 39.6. The highest BCUT2D eigenvalue weighted by Crippen LogP contribution is 2.40. The maximum Gasteiger partial charge on any atom is 0.259 e. The molecule has 0 bridgehead atoms. The summed E-state index contributed by atoms with van der Waals surface area (Å²) in [6.45, 7) is 3.13. The highest BCUT2D eigenvalue weighted by Gasteiger charge is 2.58. The van der Waals surface area contributed by atoms with Crippen LogP contribution in [0.4, 0.5) is 11.4 Å². The molecule has 2 amide bonds. The van der Waals surface area contributed by atoms with Crippen LogP contribution >= 0.6 is 23.2 Å². The average Bonchev–Trinajstić information content (AvgIpc) is 3.15. The number of ketones is 1. The van der Waals surface area contributed by atoms with Crippen LogP contribution in [0.3, 0.4) is 0 Å². The number of carbonyl (C=O) groups is 3. The number of nitrogens with zero attached hydrogens (tertiary/aromatic N) is 3. The Labute approximate surface area is 171 Å². The summed E-state index contributed by atoms with van der Waals surface area (Å²) in [5, 5.41) is 6.68. The normalized spacial score (nSPS) is 21.2. The molecule has 1 saturated heterocycles. The molecule has 2 aliphatic heterocycles. The fourth-order valence-electron chi connectivity index (χ4n) is 3.62. The molecule has 2 atom stereocenters. The smallest absolute Gasteiger partial charge is 0.259 e. The van der Waals surface area contributed by atoms with Gasteiger partial charge in [-0.2, -0.15) is 5.10 Å². The fraction of sp³-hybridized carbons (Fsp3) is 0.200. The third-order valence-electron chi connectivity index (χ3n) is 4.96. The summed E-state index contributed by atoms with van der Waals surface area (Å²) >= 11 is 12.3. The molecule has 142 valence electrons. The van der Waals surface area contributed by atoms with Gasteiger partial charge in [-0.3, -0.25) is 19.4 Å². The number of hydrogen-bond donors (Lipinski definition) is 0. The number of halogens is 2. The minimum atomic E-state index is -0.970. The zero-order valence-electron chi connectivity index (χ0n) is 15.0. The van der Waals surface area contributed by atoms with E-state index in [0.717, 1.165) is 4.90 Å². The number of hydrazone groups is 1. The Morgan fingerprint density at radius 3 is 2.46 bits per heavy atom. The molecule has 0 unspecified atom stereocenters. The van der Waals surface area contributed by atoms with Crippen LogP contribution in [0.15, 0.2) is 47.6 Å². The molecule has 0 aliphatic carbocycles. The molecule has 0 aromatic heterocycles. The molecule has 0 radical (unpaired) electrons. The van der Waals surface area contributed by atoms with Crippen molar-refractivity contribution in [3.05, 3.63) is 58.1 Å². The summed E-state index contributed by atoms with van der Waals surface area (Å²) in [6.07, 6.45) is 0. The van der Waals surface area contributed by atoms with E-state index in [4.69, 9.17) is 23.2 Å². The molecule has 4 rings (SSSR count). The first kappa shape index (κ1) is 18.7. The summed E-state index contributed by atoms with van der Waals surface area (Å²) in [6, 6.07) is 10.7. The van der Waals surface area contributed by atoms with Crippen molar-refractivity contribution < 1.29 is 14.4 Å². The Morgan fingerprint density at radius 1 is 1.07 bits per heavy atom. The zero-order chi connectivity index (χ0) is 20.2. The predicted octanol–water partition coefficient (Wildman–Crippen LogP) is 3.63. The van der Waals surface area contributed by atoms with Crippen LogP contribution in [-0.2, 0) is 14.4 Å². The molecule has 2 aromatic carbocycles. The molecular weight excluding hydrogens is 401 g/mol. The lowest BCUT2D eigenvalue weighted by molar-refractivity contribution is -0.122. The van der Waals surface area contributed by atoms with Gasteiger partial charge in [-0.25, -0.2) is 4.90 Å². The van der Waals surface area contributed by atoms with E-state index in [0.29, 0.717) is 27.0 Å². The van der Waals surface area contributed by atoms with Gasteiger partial charge in [-0.1, -0.05) is 35.3 Å². The van der Waals surface area contributed by atoms with Crippen LogP contribution in [-0.4, -0.2) is 29.4 Å². The van der Waals surface area contributed by atoms with Crippen LogP contribution in [0.1, 0.15) is 12.5 Å². The highest BCUT2D eigenvalue weighted by atomic mass is 35.5. The highest BCUT2D eigenvalue weighted by molar-refractivity contribution is 6.49. The molecule has 8 heteroatoms. The molecule has 2 aromatic rings. The van der Waals surface area contributed by atoms with Crippen molar-refractivity contribution >= 4 is 57.9 Å². The van der Waals surface area contributed by atoms with E-state index in [-0.39, 0.29) is 11.5 Å². The van der Waals surface area contributed by atoms with Crippen molar-refractivity contribution in [2.24, 2.45) is 11.0 Å². The predicted molar refractivity (Wildman–Crippen MR) is 108 cm³/mol. The fourth-order valence-corrected chi connectivity index (χ4v) is 3.97. The van der Waals surface area contributed by atoms with Gasteiger partial charge in [0.2, 0.25) is 5.91 Å². The molecule has 0 saturated carbocycles. The molecule has 0 N–H and O–H groups in total. The van der Waals surface area contributed by atoms with E-state index in [1.807, 2.05) is 0 Å². The van der Waals surface area contributed by atoms with E-state index in [2.05, 4.69) is 5.10 Å². The van der Waals surface area contributed by atoms with Crippen LogP contribution in [0, 0.1) is 12.8 Å². The van der Waals surface area contributed by atoms with E-state index >= 15 is 0 Å². The Hall–Kier alpha value is -2.70. The van der Waals surface area contributed by atoms with Gasteiger partial charge in [0.25, 0.3) is 5.91 Å². The second-order valence-electron chi connectivity index (χ2n) is 6.68. The van der Waals surface area contributed by atoms with Crippen molar-refractivity contribution in [1.29, 1.82) is 0 Å². The lowest BCUT2D eigenvalue weighted by Gasteiger charge is -2.24. The molecule has 0 spiro atoms. The third-order valence-corrected chi connectivity index (χ3v) is 5.61. The molecular formula is C20H15Cl2N3O3. The van der Waals surface area contributed by atoms with Gasteiger partial charge in [0.1, 0.15) is 17.7 Å². The SMILES string of the molecule is CC(=O)C1=NN(c2cccc(Cl)c2C)[C@H]2C(=O)N(c3cccc(Cl)c3)C(=O)[C@H]12. The summed E-state index contributed by atoms with van der Waals surface area (Å²) in [7, 11) is 0. The molecule has 2 heterocycles. The second-order valence-corrected chi connectivity index (χ2v) is 7.53. The van der Waals surface area contributed by atoms with E-state index in [9.17, 15) is 14.4 Å². The van der Waals surface area contributed by atoms with Gasteiger partial charge < -0.3 is 0 Å². The van der Waals surface area contributed by atoms with Gasteiger partial charge in [0.15, 0.2) is 5.78 Å². The molecule has 28 heavy (non-hydrogen) atoms. The summed E-state index contributed by atoms with van der Waals surface area (Å²) in [5.74, 6) is -2.28. The van der Waals surface area contributed by atoms with E-state index in [1.165, 1.54) is 18.0 Å². The Bertz CT molecular complexity index is 1070. The van der Waals surface area contributed by atoms with Crippen LogP contribution in [0.25, 0.3) is 0 Å². The van der Waals surface area contributed by atoms with Gasteiger partial charge in [-0.15, -0.1) is 0 Å². The second kappa shape index (κ2) is 6.72. The largest absolute Gasteiger partial charge is 0.293 e. The van der Waals surface area contributed by atoms with Crippen molar-refractivity contribution in [1.82, 2.24) is 0 Å². The van der Waals surface area contributed by atoms with Crippen molar-refractivity contribution in [2.45, 2.75) is 19.9 Å². The van der Waals surface area contributed by atoms with Gasteiger partial charge in [-0.05, 0) is 42.8 Å². The van der Waals surface area contributed by atoms with Crippen LogP contribution in [0.5, 0.6) is 0 Å².